The van der Waals surface area contributed by atoms with Crippen LogP contribution in [0.1, 0.15) is 12.8 Å². The Morgan fingerprint density at radius 1 is 1.36 bits per heavy atom. The predicted molar refractivity (Wildman–Crippen MR) is 52.6 cm³/mol. The van der Waals surface area contributed by atoms with E-state index in [1.54, 1.807) is 0 Å². The van der Waals surface area contributed by atoms with Crippen LogP contribution in [0.15, 0.2) is 12.4 Å². The van der Waals surface area contributed by atoms with Crippen LogP contribution in [0.2, 0.25) is 5.15 Å². The smallest absolute Gasteiger partial charge is 0.236 e. The molecule has 14 heavy (non-hydrogen) atoms. The van der Waals surface area contributed by atoms with Crippen molar-refractivity contribution in [2.75, 3.05) is 4.72 Å². The van der Waals surface area contributed by atoms with Crippen molar-refractivity contribution in [1.82, 2.24) is 9.97 Å². The number of anilines is 1. The monoisotopic (exact) mass is 233 g/mol. The van der Waals surface area contributed by atoms with Crippen LogP contribution in [0.4, 0.5) is 5.82 Å². The molecule has 0 aliphatic heterocycles. The highest BCUT2D eigenvalue weighted by Crippen LogP contribution is 2.29. The number of sulfonamides is 1. The second kappa shape index (κ2) is 3.36. The van der Waals surface area contributed by atoms with Crippen molar-refractivity contribution in [3.63, 3.8) is 0 Å². The summed E-state index contributed by atoms with van der Waals surface area (Å²) in [5.74, 6) is 0.210. The lowest BCUT2D eigenvalue weighted by Gasteiger charge is -2.04. The van der Waals surface area contributed by atoms with E-state index in [1.807, 2.05) is 0 Å². The fourth-order valence-corrected chi connectivity index (χ4v) is 2.39. The van der Waals surface area contributed by atoms with Gasteiger partial charge in [-0.2, -0.15) is 0 Å². The molecule has 1 saturated carbocycles. The van der Waals surface area contributed by atoms with E-state index in [0.29, 0.717) is 0 Å². The van der Waals surface area contributed by atoms with Gasteiger partial charge in [-0.1, -0.05) is 11.6 Å². The molecule has 1 aliphatic rings. The minimum absolute atomic E-state index is 0.210. The van der Waals surface area contributed by atoms with E-state index in [9.17, 15) is 8.42 Å². The Morgan fingerprint density at radius 2 is 2.07 bits per heavy atom. The Labute approximate surface area is 86.6 Å². The zero-order valence-corrected chi connectivity index (χ0v) is 8.72. The zero-order valence-electron chi connectivity index (χ0n) is 7.14. The quantitative estimate of drug-likeness (QED) is 0.847. The number of hydrogen-bond acceptors (Lipinski definition) is 4. The molecule has 2 rings (SSSR count). The molecule has 0 radical (unpaired) electrons. The molecule has 0 bridgehead atoms. The van der Waals surface area contributed by atoms with E-state index in [4.69, 9.17) is 11.6 Å². The third-order valence-electron chi connectivity index (χ3n) is 1.83. The Kier molecular flexibility index (Phi) is 2.32. The van der Waals surface area contributed by atoms with Crippen LogP contribution in [0, 0.1) is 0 Å². The van der Waals surface area contributed by atoms with Crippen molar-refractivity contribution in [2.45, 2.75) is 18.1 Å². The van der Waals surface area contributed by atoms with Gasteiger partial charge in [-0.05, 0) is 12.8 Å². The maximum atomic E-state index is 11.4. The number of halogens is 1. The van der Waals surface area contributed by atoms with Gasteiger partial charge in [0.1, 0.15) is 5.15 Å². The summed E-state index contributed by atoms with van der Waals surface area (Å²) in [5, 5.41) is -0.0284. The summed E-state index contributed by atoms with van der Waals surface area (Å²) in [6.07, 6.45) is 4.03. The number of nitrogens with zero attached hydrogens (tertiary/aromatic N) is 2. The van der Waals surface area contributed by atoms with Crippen LogP contribution in [0.25, 0.3) is 0 Å². The number of aromatic nitrogens is 2. The van der Waals surface area contributed by atoms with Crippen LogP contribution >= 0.6 is 11.6 Å². The minimum atomic E-state index is -3.25. The molecule has 0 saturated heterocycles. The molecule has 0 amide bonds. The van der Waals surface area contributed by atoms with Crippen molar-refractivity contribution < 1.29 is 8.42 Å². The van der Waals surface area contributed by atoms with E-state index in [-0.39, 0.29) is 16.2 Å². The van der Waals surface area contributed by atoms with Crippen molar-refractivity contribution in [3.05, 3.63) is 17.5 Å². The average molecular weight is 234 g/mol. The minimum Gasteiger partial charge on any atom is -0.266 e. The molecule has 0 atom stereocenters. The topological polar surface area (TPSA) is 72.0 Å². The maximum Gasteiger partial charge on any atom is 0.236 e. The molecular weight excluding hydrogens is 226 g/mol. The standard InChI is InChI=1S/C7H8ClN3O2S/c8-6-3-10-7(4-9-6)11-14(12,13)5-1-2-5/h3-5H,1-2H2,(H,10,11). The summed E-state index contributed by atoms with van der Waals surface area (Å²) in [4.78, 5) is 7.51. The lowest BCUT2D eigenvalue weighted by molar-refractivity contribution is 0.599. The first-order valence-corrected chi connectivity index (χ1v) is 5.99. The van der Waals surface area contributed by atoms with Gasteiger partial charge in [0.05, 0.1) is 17.6 Å². The molecule has 7 heteroatoms. The fraction of sp³-hybridized carbons (Fsp3) is 0.429. The highest BCUT2D eigenvalue weighted by Gasteiger charge is 2.35. The van der Waals surface area contributed by atoms with Gasteiger partial charge in [-0.25, -0.2) is 18.4 Å². The molecule has 1 heterocycles. The zero-order chi connectivity index (χ0) is 10.2. The lowest BCUT2D eigenvalue weighted by atomic mass is 10.7. The second-order valence-electron chi connectivity index (χ2n) is 3.07. The van der Waals surface area contributed by atoms with Crippen molar-refractivity contribution in [1.29, 1.82) is 0 Å². The first kappa shape index (κ1) is 9.67. The fourth-order valence-electron chi connectivity index (χ4n) is 0.972. The maximum absolute atomic E-state index is 11.4. The van der Waals surface area contributed by atoms with Crippen LogP contribution in [-0.4, -0.2) is 23.6 Å². The summed E-state index contributed by atoms with van der Waals surface area (Å²) in [6.45, 7) is 0. The molecule has 1 fully saturated rings. The summed E-state index contributed by atoms with van der Waals surface area (Å²) in [5.41, 5.74) is 0. The number of nitrogens with one attached hydrogen (secondary N) is 1. The number of rotatable bonds is 3. The molecular formula is C7H8ClN3O2S. The van der Waals surface area contributed by atoms with Gasteiger partial charge in [0.15, 0.2) is 5.82 Å². The summed E-state index contributed by atoms with van der Waals surface area (Å²) in [6, 6.07) is 0. The average Bonchev–Trinajstić information content (AvgIpc) is 2.91. The van der Waals surface area contributed by atoms with E-state index >= 15 is 0 Å². The Bertz CT molecular complexity index is 427. The van der Waals surface area contributed by atoms with Crippen LogP contribution in [0.5, 0.6) is 0 Å². The SMILES string of the molecule is O=S(=O)(Nc1cnc(Cl)cn1)C1CC1. The van der Waals surface area contributed by atoms with Crippen LogP contribution in [-0.2, 0) is 10.0 Å². The van der Waals surface area contributed by atoms with E-state index in [2.05, 4.69) is 14.7 Å². The van der Waals surface area contributed by atoms with Gasteiger partial charge in [-0.3, -0.25) is 4.72 Å². The normalized spacial score (nSPS) is 16.6. The third-order valence-corrected chi connectivity index (χ3v) is 3.87. The van der Waals surface area contributed by atoms with Gasteiger partial charge >= 0.3 is 0 Å². The van der Waals surface area contributed by atoms with Gasteiger partial charge in [0.25, 0.3) is 0 Å². The summed E-state index contributed by atoms with van der Waals surface area (Å²) in [7, 11) is -3.25. The van der Waals surface area contributed by atoms with Crippen LogP contribution < -0.4 is 4.72 Å². The van der Waals surface area contributed by atoms with Crippen molar-refractivity contribution in [3.8, 4) is 0 Å². The van der Waals surface area contributed by atoms with Crippen molar-refractivity contribution in [2.24, 2.45) is 0 Å². The Morgan fingerprint density at radius 3 is 2.57 bits per heavy atom. The molecule has 1 aromatic heterocycles. The molecule has 0 unspecified atom stereocenters. The molecule has 5 nitrogen and oxygen atoms in total. The van der Waals surface area contributed by atoms with E-state index in [0.717, 1.165) is 12.8 Å². The van der Waals surface area contributed by atoms with Gasteiger partial charge in [-0.15, -0.1) is 0 Å². The first-order chi connectivity index (χ1) is 6.58. The first-order valence-electron chi connectivity index (χ1n) is 4.07. The lowest BCUT2D eigenvalue weighted by Crippen LogP contribution is -2.18. The molecule has 1 aliphatic carbocycles. The second-order valence-corrected chi connectivity index (χ2v) is 5.42. The van der Waals surface area contributed by atoms with Gasteiger partial charge in [0, 0.05) is 0 Å². The highest BCUT2D eigenvalue weighted by atomic mass is 35.5. The Hall–Kier alpha value is -0.880. The molecule has 0 spiro atoms. The Balaban J connectivity index is 2.14. The molecule has 0 aromatic carbocycles. The van der Waals surface area contributed by atoms with E-state index in [1.165, 1.54) is 12.4 Å². The number of hydrogen-bond donors (Lipinski definition) is 1. The van der Waals surface area contributed by atoms with Crippen LogP contribution in [0.3, 0.4) is 0 Å². The third kappa shape index (κ3) is 2.13. The predicted octanol–water partition coefficient (Wildman–Crippen LogP) is 1.03. The van der Waals surface area contributed by atoms with Gasteiger partial charge < -0.3 is 0 Å². The van der Waals surface area contributed by atoms with Gasteiger partial charge in [0.2, 0.25) is 10.0 Å². The largest absolute Gasteiger partial charge is 0.266 e. The molecule has 76 valence electrons. The van der Waals surface area contributed by atoms with Crippen molar-refractivity contribution >= 4 is 27.4 Å². The summed E-state index contributed by atoms with van der Waals surface area (Å²) >= 11 is 5.51. The highest BCUT2D eigenvalue weighted by molar-refractivity contribution is 7.93. The molecule has 1 N–H and O–H groups in total. The molecule has 1 aromatic rings. The van der Waals surface area contributed by atoms with E-state index < -0.39 is 10.0 Å². The summed E-state index contributed by atoms with van der Waals surface area (Å²) < 4.78 is 25.2.